The van der Waals surface area contributed by atoms with E-state index in [1.54, 1.807) is 7.11 Å². The van der Waals surface area contributed by atoms with Gasteiger partial charge in [-0.25, -0.2) is 0 Å². The predicted molar refractivity (Wildman–Crippen MR) is 67.4 cm³/mol. The minimum absolute atomic E-state index is 0.0347. The topological polar surface area (TPSA) is 29.5 Å². The molecule has 2 heteroatoms. The van der Waals surface area contributed by atoms with Crippen molar-refractivity contribution in [2.24, 2.45) is 17.8 Å². The van der Waals surface area contributed by atoms with Crippen LogP contribution >= 0.6 is 0 Å². The van der Waals surface area contributed by atoms with Gasteiger partial charge in [0.2, 0.25) is 0 Å². The number of rotatable bonds is 5. The molecule has 0 saturated heterocycles. The van der Waals surface area contributed by atoms with Crippen LogP contribution in [-0.2, 0) is 4.74 Å². The predicted octanol–water partition coefficient (Wildman–Crippen LogP) is 3.23. The van der Waals surface area contributed by atoms with Crippen LogP contribution < -0.4 is 0 Å². The highest BCUT2D eigenvalue weighted by Crippen LogP contribution is 2.36. The van der Waals surface area contributed by atoms with E-state index in [9.17, 15) is 5.11 Å². The summed E-state index contributed by atoms with van der Waals surface area (Å²) in [5, 5.41) is 10.4. The standard InChI is InChI=1S/C14H28O2/c1-5-6-13(16-4)14(15)12-8-10(2)7-11(3)9-12/h10-15H,5-9H2,1-4H3. The zero-order valence-electron chi connectivity index (χ0n) is 11.3. The van der Waals surface area contributed by atoms with Crippen molar-refractivity contribution in [3.63, 3.8) is 0 Å². The van der Waals surface area contributed by atoms with Crippen LogP contribution in [0.4, 0.5) is 0 Å². The van der Waals surface area contributed by atoms with Crippen LogP contribution in [0.15, 0.2) is 0 Å². The average molecular weight is 228 g/mol. The molecule has 0 aromatic rings. The molecule has 1 aliphatic carbocycles. The van der Waals surface area contributed by atoms with Gasteiger partial charge in [0.25, 0.3) is 0 Å². The Labute approximate surface area is 100 Å². The van der Waals surface area contributed by atoms with Crippen LogP contribution in [0, 0.1) is 17.8 Å². The third-order valence-electron chi connectivity index (χ3n) is 3.95. The maximum Gasteiger partial charge on any atom is 0.0832 e. The van der Waals surface area contributed by atoms with Crippen molar-refractivity contribution in [3.8, 4) is 0 Å². The number of aliphatic hydroxyl groups is 1. The van der Waals surface area contributed by atoms with E-state index in [1.165, 1.54) is 6.42 Å². The summed E-state index contributed by atoms with van der Waals surface area (Å²) >= 11 is 0. The quantitative estimate of drug-likeness (QED) is 0.783. The molecule has 0 aliphatic heterocycles. The van der Waals surface area contributed by atoms with Gasteiger partial charge in [0.05, 0.1) is 12.2 Å². The SMILES string of the molecule is CCCC(OC)C(O)C1CC(C)CC(C)C1. The lowest BCUT2D eigenvalue weighted by Crippen LogP contribution is -2.38. The minimum Gasteiger partial charge on any atom is -0.390 e. The van der Waals surface area contributed by atoms with Crippen LogP contribution in [0.25, 0.3) is 0 Å². The van der Waals surface area contributed by atoms with Gasteiger partial charge in [0, 0.05) is 7.11 Å². The summed E-state index contributed by atoms with van der Waals surface area (Å²) in [6.45, 7) is 6.75. The molecule has 96 valence electrons. The van der Waals surface area contributed by atoms with Crippen LogP contribution in [0.2, 0.25) is 0 Å². The normalized spacial score (nSPS) is 34.7. The van der Waals surface area contributed by atoms with Crippen LogP contribution in [-0.4, -0.2) is 24.4 Å². The molecule has 1 saturated carbocycles. The first-order valence-electron chi connectivity index (χ1n) is 6.79. The maximum absolute atomic E-state index is 10.4. The van der Waals surface area contributed by atoms with Gasteiger partial charge in [0.1, 0.15) is 0 Å². The summed E-state index contributed by atoms with van der Waals surface area (Å²) in [7, 11) is 1.72. The second-order valence-corrected chi connectivity index (χ2v) is 5.73. The zero-order chi connectivity index (χ0) is 12.1. The van der Waals surface area contributed by atoms with Crippen molar-refractivity contribution < 1.29 is 9.84 Å². The summed E-state index contributed by atoms with van der Waals surface area (Å²) in [6.07, 6.45) is 5.45. The zero-order valence-corrected chi connectivity index (χ0v) is 11.3. The van der Waals surface area contributed by atoms with E-state index in [4.69, 9.17) is 4.74 Å². The largest absolute Gasteiger partial charge is 0.390 e. The number of methoxy groups -OCH3 is 1. The van der Waals surface area contributed by atoms with Gasteiger partial charge in [-0.3, -0.25) is 0 Å². The highest BCUT2D eigenvalue weighted by molar-refractivity contribution is 4.83. The first-order chi connectivity index (χ1) is 7.58. The van der Waals surface area contributed by atoms with Gasteiger partial charge in [-0.1, -0.05) is 27.2 Å². The molecule has 4 atom stereocenters. The number of aliphatic hydroxyl groups excluding tert-OH is 1. The third-order valence-corrected chi connectivity index (χ3v) is 3.95. The molecule has 1 rings (SSSR count). The second-order valence-electron chi connectivity index (χ2n) is 5.73. The summed E-state index contributed by atoms with van der Waals surface area (Å²) in [5.41, 5.74) is 0. The van der Waals surface area contributed by atoms with Crippen LogP contribution in [0.1, 0.15) is 52.9 Å². The van der Waals surface area contributed by atoms with Crippen molar-refractivity contribution >= 4 is 0 Å². The maximum atomic E-state index is 10.4. The third kappa shape index (κ3) is 3.74. The van der Waals surface area contributed by atoms with Gasteiger partial charge in [-0.15, -0.1) is 0 Å². The molecule has 0 spiro atoms. The molecule has 0 aromatic carbocycles. The fourth-order valence-electron chi connectivity index (χ4n) is 3.30. The Morgan fingerprint density at radius 1 is 1.19 bits per heavy atom. The highest BCUT2D eigenvalue weighted by Gasteiger charge is 2.32. The van der Waals surface area contributed by atoms with Crippen molar-refractivity contribution in [1.82, 2.24) is 0 Å². The van der Waals surface area contributed by atoms with E-state index in [0.29, 0.717) is 5.92 Å². The molecule has 16 heavy (non-hydrogen) atoms. The lowest BCUT2D eigenvalue weighted by molar-refractivity contribution is -0.0615. The Morgan fingerprint density at radius 3 is 2.19 bits per heavy atom. The molecule has 2 nitrogen and oxygen atoms in total. The molecule has 0 aromatic heterocycles. The second kappa shape index (κ2) is 6.61. The first kappa shape index (κ1) is 14.0. The van der Waals surface area contributed by atoms with Crippen molar-refractivity contribution in [3.05, 3.63) is 0 Å². The van der Waals surface area contributed by atoms with E-state index >= 15 is 0 Å². The Balaban J connectivity index is 2.53. The fourth-order valence-corrected chi connectivity index (χ4v) is 3.30. The van der Waals surface area contributed by atoms with E-state index < -0.39 is 0 Å². The Morgan fingerprint density at radius 2 is 1.75 bits per heavy atom. The summed E-state index contributed by atoms with van der Waals surface area (Å²) in [4.78, 5) is 0. The van der Waals surface area contributed by atoms with Crippen molar-refractivity contribution in [2.75, 3.05) is 7.11 Å². The molecule has 1 N–H and O–H groups in total. The first-order valence-corrected chi connectivity index (χ1v) is 6.79. The van der Waals surface area contributed by atoms with Gasteiger partial charge in [-0.2, -0.15) is 0 Å². The van der Waals surface area contributed by atoms with Crippen molar-refractivity contribution in [1.29, 1.82) is 0 Å². The molecule has 0 amide bonds. The van der Waals surface area contributed by atoms with E-state index in [1.807, 2.05) is 0 Å². The molecule has 1 fully saturated rings. The molecule has 1 aliphatic rings. The molecule has 0 radical (unpaired) electrons. The van der Waals surface area contributed by atoms with E-state index in [2.05, 4.69) is 20.8 Å². The van der Waals surface area contributed by atoms with E-state index in [0.717, 1.165) is 37.5 Å². The van der Waals surface area contributed by atoms with Gasteiger partial charge in [0.15, 0.2) is 0 Å². The molecular formula is C14H28O2. The highest BCUT2D eigenvalue weighted by atomic mass is 16.5. The van der Waals surface area contributed by atoms with Crippen LogP contribution in [0.5, 0.6) is 0 Å². The monoisotopic (exact) mass is 228 g/mol. The van der Waals surface area contributed by atoms with E-state index in [-0.39, 0.29) is 12.2 Å². The van der Waals surface area contributed by atoms with Crippen molar-refractivity contribution in [2.45, 2.75) is 65.1 Å². The minimum atomic E-state index is -0.268. The van der Waals surface area contributed by atoms with Crippen LogP contribution in [0.3, 0.4) is 0 Å². The Hall–Kier alpha value is -0.0800. The summed E-state index contributed by atoms with van der Waals surface area (Å²) in [5.74, 6) is 1.94. The Kier molecular flexibility index (Phi) is 5.77. The van der Waals surface area contributed by atoms with Gasteiger partial charge < -0.3 is 9.84 Å². The molecule has 4 unspecified atom stereocenters. The fraction of sp³-hybridized carbons (Fsp3) is 1.00. The average Bonchev–Trinajstić information content (AvgIpc) is 2.23. The smallest absolute Gasteiger partial charge is 0.0832 e. The number of hydrogen-bond acceptors (Lipinski definition) is 2. The number of hydrogen-bond donors (Lipinski definition) is 1. The lowest BCUT2D eigenvalue weighted by atomic mass is 9.73. The Bertz CT molecular complexity index is 183. The lowest BCUT2D eigenvalue weighted by Gasteiger charge is -2.37. The summed E-state index contributed by atoms with van der Waals surface area (Å²) in [6, 6.07) is 0. The molecule has 0 bridgehead atoms. The number of ether oxygens (including phenoxy) is 1. The molecular weight excluding hydrogens is 200 g/mol. The summed E-state index contributed by atoms with van der Waals surface area (Å²) < 4.78 is 5.43. The van der Waals surface area contributed by atoms with Gasteiger partial charge >= 0.3 is 0 Å². The molecule has 0 heterocycles. The van der Waals surface area contributed by atoms with Gasteiger partial charge in [-0.05, 0) is 43.4 Å².